The first kappa shape index (κ1) is 16.0. The molecule has 0 bridgehead atoms. The first-order valence-corrected chi connectivity index (χ1v) is 6.93. The van der Waals surface area contributed by atoms with Crippen LogP contribution < -0.4 is 11.1 Å². The highest BCUT2D eigenvalue weighted by Crippen LogP contribution is 2.13. The van der Waals surface area contributed by atoms with E-state index in [1.54, 1.807) is 24.3 Å². The van der Waals surface area contributed by atoms with Crippen LogP contribution in [-0.2, 0) is 11.2 Å². The van der Waals surface area contributed by atoms with Gasteiger partial charge in [-0.15, -0.1) is 0 Å². The number of hydrogen-bond donors (Lipinski definition) is 2. The van der Waals surface area contributed by atoms with Gasteiger partial charge in [0.1, 0.15) is 11.9 Å². The zero-order chi connectivity index (χ0) is 16.1. The lowest BCUT2D eigenvalue weighted by Gasteiger charge is -2.16. The van der Waals surface area contributed by atoms with E-state index in [1.165, 1.54) is 18.2 Å². The number of nitrogens with one attached hydrogen (secondary N) is 1. The fourth-order valence-electron chi connectivity index (χ4n) is 1.99. The molecular weight excluding hydrogens is 307 g/mol. The minimum atomic E-state index is -0.908. The highest BCUT2D eigenvalue weighted by molar-refractivity contribution is 6.30. The maximum Gasteiger partial charge on any atom is 0.252 e. The van der Waals surface area contributed by atoms with Crippen molar-refractivity contribution < 1.29 is 14.0 Å². The monoisotopic (exact) mass is 320 g/mol. The van der Waals surface area contributed by atoms with Crippen LogP contribution in [0.1, 0.15) is 15.9 Å². The summed E-state index contributed by atoms with van der Waals surface area (Å²) in [6.45, 7) is 0. The number of carbonyl (C=O) groups excluding carboxylic acids is 2. The average Bonchev–Trinajstić information content (AvgIpc) is 2.46. The third kappa shape index (κ3) is 4.30. The minimum Gasteiger partial charge on any atom is -0.368 e. The first-order valence-electron chi connectivity index (χ1n) is 6.56. The number of nitrogens with two attached hydrogens (primary N) is 1. The predicted octanol–water partition coefficient (Wildman–Crippen LogP) is 2.31. The van der Waals surface area contributed by atoms with Gasteiger partial charge < -0.3 is 11.1 Å². The maximum absolute atomic E-state index is 13.1. The Morgan fingerprint density at radius 1 is 1.18 bits per heavy atom. The molecule has 2 amide bonds. The van der Waals surface area contributed by atoms with Crippen LogP contribution in [0.2, 0.25) is 5.02 Å². The van der Waals surface area contributed by atoms with E-state index in [-0.39, 0.29) is 12.0 Å². The lowest BCUT2D eigenvalue weighted by molar-refractivity contribution is -0.119. The number of primary amides is 1. The van der Waals surface area contributed by atoms with E-state index in [1.807, 2.05) is 0 Å². The summed E-state index contributed by atoms with van der Waals surface area (Å²) < 4.78 is 13.1. The summed E-state index contributed by atoms with van der Waals surface area (Å²) in [6.07, 6.45) is 0.205. The Morgan fingerprint density at radius 3 is 2.55 bits per heavy atom. The van der Waals surface area contributed by atoms with Crippen molar-refractivity contribution in [3.63, 3.8) is 0 Å². The van der Waals surface area contributed by atoms with Crippen LogP contribution >= 0.6 is 11.6 Å². The van der Waals surface area contributed by atoms with E-state index in [9.17, 15) is 14.0 Å². The highest BCUT2D eigenvalue weighted by atomic mass is 35.5. The fourth-order valence-corrected chi connectivity index (χ4v) is 2.21. The standard InChI is InChI=1S/C16H14ClFN2O2/c17-12-5-1-3-10(7-12)8-14(15(19)21)20-16(22)11-4-2-6-13(18)9-11/h1-7,9,14H,8H2,(H2,19,21)(H,20,22)/t14-/m0/s1. The molecule has 22 heavy (non-hydrogen) atoms. The molecule has 0 saturated heterocycles. The van der Waals surface area contributed by atoms with Crippen molar-refractivity contribution in [1.29, 1.82) is 0 Å². The van der Waals surface area contributed by atoms with Gasteiger partial charge in [-0.3, -0.25) is 9.59 Å². The Bertz CT molecular complexity index is 706. The summed E-state index contributed by atoms with van der Waals surface area (Å²) in [5, 5.41) is 3.03. The second-order valence-corrected chi connectivity index (χ2v) is 5.21. The molecule has 0 unspecified atom stereocenters. The summed E-state index contributed by atoms with van der Waals surface area (Å²) in [6, 6.07) is 11.2. The Morgan fingerprint density at radius 2 is 1.91 bits per heavy atom. The molecule has 0 saturated carbocycles. The molecule has 0 aliphatic rings. The van der Waals surface area contributed by atoms with Crippen LogP contribution in [0.3, 0.4) is 0 Å². The van der Waals surface area contributed by atoms with Gasteiger partial charge in [0.2, 0.25) is 5.91 Å². The summed E-state index contributed by atoms with van der Waals surface area (Å²) in [4.78, 5) is 23.6. The molecule has 2 rings (SSSR count). The minimum absolute atomic E-state index is 0.123. The fraction of sp³-hybridized carbons (Fsp3) is 0.125. The number of rotatable bonds is 5. The second-order valence-electron chi connectivity index (χ2n) is 4.77. The van der Waals surface area contributed by atoms with E-state index in [0.717, 1.165) is 11.6 Å². The molecule has 0 aromatic heterocycles. The van der Waals surface area contributed by atoms with Gasteiger partial charge in [0.05, 0.1) is 0 Å². The van der Waals surface area contributed by atoms with Gasteiger partial charge in [0.15, 0.2) is 0 Å². The molecule has 2 aromatic rings. The number of amides is 2. The molecule has 4 nitrogen and oxygen atoms in total. The van der Waals surface area contributed by atoms with Crippen LogP contribution in [0.4, 0.5) is 4.39 Å². The highest BCUT2D eigenvalue weighted by Gasteiger charge is 2.19. The summed E-state index contributed by atoms with van der Waals surface area (Å²) in [5.74, 6) is -1.77. The molecule has 0 radical (unpaired) electrons. The van der Waals surface area contributed by atoms with Crippen LogP contribution in [0.25, 0.3) is 0 Å². The molecule has 0 aliphatic carbocycles. The van der Waals surface area contributed by atoms with Gasteiger partial charge in [-0.05, 0) is 35.9 Å². The Hall–Kier alpha value is -2.40. The van der Waals surface area contributed by atoms with Crippen molar-refractivity contribution in [2.75, 3.05) is 0 Å². The van der Waals surface area contributed by atoms with Gasteiger partial charge in [-0.2, -0.15) is 0 Å². The van der Waals surface area contributed by atoms with Crippen molar-refractivity contribution >= 4 is 23.4 Å². The molecule has 114 valence electrons. The third-order valence-corrected chi connectivity index (χ3v) is 3.30. The van der Waals surface area contributed by atoms with E-state index < -0.39 is 23.7 Å². The molecule has 0 heterocycles. The van der Waals surface area contributed by atoms with Crippen molar-refractivity contribution in [1.82, 2.24) is 5.32 Å². The van der Waals surface area contributed by atoms with E-state index in [4.69, 9.17) is 17.3 Å². The number of hydrogen-bond acceptors (Lipinski definition) is 2. The molecule has 3 N–H and O–H groups in total. The zero-order valence-electron chi connectivity index (χ0n) is 11.6. The largest absolute Gasteiger partial charge is 0.368 e. The van der Waals surface area contributed by atoms with Crippen LogP contribution in [0.15, 0.2) is 48.5 Å². The van der Waals surface area contributed by atoms with Crippen molar-refractivity contribution in [3.8, 4) is 0 Å². The van der Waals surface area contributed by atoms with Crippen molar-refractivity contribution in [2.24, 2.45) is 5.73 Å². The van der Waals surface area contributed by atoms with Gasteiger partial charge in [-0.1, -0.05) is 29.8 Å². The quantitative estimate of drug-likeness (QED) is 0.887. The lowest BCUT2D eigenvalue weighted by atomic mass is 10.0. The number of carbonyl (C=O) groups is 2. The Kier molecular flexibility index (Phi) is 5.12. The molecule has 2 aromatic carbocycles. The number of benzene rings is 2. The second kappa shape index (κ2) is 7.04. The van der Waals surface area contributed by atoms with Crippen molar-refractivity contribution in [2.45, 2.75) is 12.5 Å². The number of halogens is 2. The van der Waals surface area contributed by atoms with E-state index >= 15 is 0 Å². The molecular formula is C16H14ClFN2O2. The predicted molar refractivity (Wildman–Crippen MR) is 82.0 cm³/mol. The molecule has 0 fully saturated rings. The van der Waals surface area contributed by atoms with Crippen LogP contribution in [0, 0.1) is 5.82 Å². The lowest BCUT2D eigenvalue weighted by Crippen LogP contribution is -2.45. The zero-order valence-corrected chi connectivity index (χ0v) is 12.3. The van der Waals surface area contributed by atoms with E-state index in [2.05, 4.69) is 5.32 Å². The van der Waals surface area contributed by atoms with Gasteiger partial charge >= 0.3 is 0 Å². The Labute approximate surface area is 132 Å². The normalized spacial score (nSPS) is 11.7. The van der Waals surface area contributed by atoms with Crippen LogP contribution in [0.5, 0.6) is 0 Å². The van der Waals surface area contributed by atoms with Gasteiger partial charge in [0.25, 0.3) is 5.91 Å². The Balaban J connectivity index is 2.12. The third-order valence-electron chi connectivity index (χ3n) is 3.06. The van der Waals surface area contributed by atoms with Gasteiger partial charge in [-0.25, -0.2) is 4.39 Å². The van der Waals surface area contributed by atoms with Crippen molar-refractivity contribution in [3.05, 3.63) is 70.5 Å². The maximum atomic E-state index is 13.1. The molecule has 6 heteroatoms. The first-order chi connectivity index (χ1) is 10.5. The van der Waals surface area contributed by atoms with E-state index in [0.29, 0.717) is 5.02 Å². The topological polar surface area (TPSA) is 72.2 Å². The average molecular weight is 321 g/mol. The molecule has 1 atom stereocenters. The van der Waals surface area contributed by atoms with Gasteiger partial charge in [0, 0.05) is 17.0 Å². The smallest absolute Gasteiger partial charge is 0.252 e. The van der Waals surface area contributed by atoms with Crippen LogP contribution in [-0.4, -0.2) is 17.9 Å². The summed E-state index contributed by atoms with van der Waals surface area (Å²) in [5.41, 5.74) is 6.20. The molecule has 0 aliphatic heterocycles. The summed E-state index contributed by atoms with van der Waals surface area (Å²) >= 11 is 5.88. The summed E-state index contributed by atoms with van der Waals surface area (Å²) in [7, 11) is 0. The molecule has 0 spiro atoms. The SMILES string of the molecule is NC(=O)[C@H](Cc1cccc(Cl)c1)NC(=O)c1cccc(F)c1.